The monoisotopic (exact) mass is 350 g/mol. The van der Waals surface area contributed by atoms with E-state index in [1.165, 1.54) is 24.1 Å². The maximum Gasteiger partial charge on any atom is 0.255 e. The molecule has 1 aromatic carbocycles. The van der Waals surface area contributed by atoms with Gasteiger partial charge in [0.25, 0.3) is 5.91 Å². The minimum atomic E-state index is 0.0995. The smallest absolute Gasteiger partial charge is 0.255 e. The van der Waals surface area contributed by atoms with Crippen LogP contribution in [0.5, 0.6) is 0 Å². The molecule has 3 heterocycles. The van der Waals surface area contributed by atoms with Crippen LogP contribution >= 0.6 is 0 Å². The topological polar surface area (TPSA) is 39.7 Å². The van der Waals surface area contributed by atoms with E-state index in [0.29, 0.717) is 5.56 Å². The Bertz CT molecular complexity index is 777. The number of piperazine rings is 1. The van der Waals surface area contributed by atoms with E-state index in [4.69, 9.17) is 0 Å². The average Bonchev–Trinajstić information content (AvgIpc) is 3.23. The van der Waals surface area contributed by atoms with E-state index in [2.05, 4.69) is 46.0 Å². The second-order valence-corrected chi connectivity index (χ2v) is 7.24. The molecule has 2 aliphatic rings. The molecule has 1 aromatic heterocycles. The number of aromatic nitrogens is 1. The van der Waals surface area contributed by atoms with Gasteiger partial charge in [-0.2, -0.15) is 0 Å². The Hall–Kier alpha value is -2.56. The molecule has 26 heavy (non-hydrogen) atoms. The van der Waals surface area contributed by atoms with Crippen LogP contribution < -0.4 is 9.80 Å². The molecule has 0 N–H and O–H groups in total. The molecule has 0 radical (unpaired) electrons. The number of hydrogen-bond acceptors (Lipinski definition) is 4. The molecule has 136 valence electrons. The zero-order valence-electron chi connectivity index (χ0n) is 15.4. The molecule has 5 nitrogen and oxygen atoms in total. The molecule has 0 spiro atoms. The Kier molecular flexibility index (Phi) is 4.78. The van der Waals surface area contributed by atoms with E-state index >= 15 is 0 Å². The van der Waals surface area contributed by atoms with E-state index in [0.717, 1.165) is 45.0 Å². The number of pyridine rings is 1. The molecular weight excluding hydrogens is 324 g/mol. The molecule has 0 saturated carbocycles. The highest BCUT2D eigenvalue weighted by Gasteiger charge is 2.23. The molecule has 2 saturated heterocycles. The minimum Gasteiger partial charge on any atom is -0.370 e. The third-order valence-corrected chi connectivity index (χ3v) is 5.38. The molecule has 2 fully saturated rings. The lowest BCUT2D eigenvalue weighted by Gasteiger charge is -2.36. The summed E-state index contributed by atoms with van der Waals surface area (Å²) in [6, 6.07) is 10.6. The van der Waals surface area contributed by atoms with Gasteiger partial charge in [0, 0.05) is 51.2 Å². The number of nitrogens with zero attached hydrogens (tertiary/aromatic N) is 4. The average molecular weight is 350 g/mol. The van der Waals surface area contributed by atoms with Crippen molar-refractivity contribution in [3.63, 3.8) is 0 Å². The highest BCUT2D eigenvalue weighted by atomic mass is 16.2. The van der Waals surface area contributed by atoms with E-state index < -0.39 is 0 Å². The largest absolute Gasteiger partial charge is 0.370 e. The van der Waals surface area contributed by atoms with Gasteiger partial charge in [0.15, 0.2) is 0 Å². The van der Waals surface area contributed by atoms with Gasteiger partial charge >= 0.3 is 0 Å². The van der Waals surface area contributed by atoms with Crippen molar-refractivity contribution in [3.8, 4) is 0 Å². The third-order valence-electron chi connectivity index (χ3n) is 5.38. The van der Waals surface area contributed by atoms with Gasteiger partial charge in [0.1, 0.15) is 0 Å². The first-order valence-corrected chi connectivity index (χ1v) is 9.51. The van der Waals surface area contributed by atoms with Crippen molar-refractivity contribution in [3.05, 3.63) is 53.9 Å². The molecule has 0 aliphatic carbocycles. The summed E-state index contributed by atoms with van der Waals surface area (Å²) in [6.07, 6.45) is 6.02. The summed E-state index contributed by atoms with van der Waals surface area (Å²) in [7, 11) is 0. The van der Waals surface area contributed by atoms with Crippen LogP contribution in [-0.4, -0.2) is 55.1 Å². The van der Waals surface area contributed by atoms with Crippen LogP contribution in [0.2, 0.25) is 0 Å². The minimum absolute atomic E-state index is 0.0995. The SMILES string of the molecule is Cc1cccc(N2CCN(C(=O)c3cncc(N4CCCC4)c3)CC2)c1. The number of carbonyl (C=O) groups is 1. The van der Waals surface area contributed by atoms with E-state index in [9.17, 15) is 4.79 Å². The highest BCUT2D eigenvalue weighted by Crippen LogP contribution is 2.22. The fourth-order valence-corrected chi connectivity index (χ4v) is 3.87. The summed E-state index contributed by atoms with van der Waals surface area (Å²) in [5, 5.41) is 0. The van der Waals surface area contributed by atoms with Crippen molar-refractivity contribution in [1.82, 2.24) is 9.88 Å². The van der Waals surface area contributed by atoms with Crippen molar-refractivity contribution in [2.24, 2.45) is 0 Å². The highest BCUT2D eigenvalue weighted by molar-refractivity contribution is 5.95. The number of amides is 1. The Morgan fingerprint density at radius 2 is 1.62 bits per heavy atom. The summed E-state index contributed by atoms with van der Waals surface area (Å²) < 4.78 is 0. The standard InChI is InChI=1S/C21H26N4O/c1-17-5-4-6-19(13-17)24-9-11-25(12-10-24)21(26)18-14-20(16-22-15-18)23-7-2-3-8-23/h4-6,13-16H,2-3,7-12H2,1H3. The maximum absolute atomic E-state index is 12.9. The Morgan fingerprint density at radius 1 is 0.885 bits per heavy atom. The van der Waals surface area contributed by atoms with Crippen molar-refractivity contribution < 1.29 is 4.79 Å². The van der Waals surface area contributed by atoms with Crippen LogP contribution in [0.25, 0.3) is 0 Å². The number of aryl methyl sites for hydroxylation is 1. The van der Waals surface area contributed by atoms with Crippen LogP contribution in [0.1, 0.15) is 28.8 Å². The number of rotatable bonds is 3. The molecule has 0 bridgehead atoms. The van der Waals surface area contributed by atoms with Gasteiger partial charge in [-0.1, -0.05) is 12.1 Å². The van der Waals surface area contributed by atoms with Gasteiger partial charge in [-0.3, -0.25) is 9.78 Å². The third kappa shape index (κ3) is 3.52. The summed E-state index contributed by atoms with van der Waals surface area (Å²) in [4.78, 5) is 23.9. The lowest BCUT2D eigenvalue weighted by Crippen LogP contribution is -2.48. The van der Waals surface area contributed by atoms with Gasteiger partial charge in [0.05, 0.1) is 17.4 Å². The molecule has 5 heteroatoms. The number of hydrogen-bond donors (Lipinski definition) is 0. The van der Waals surface area contributed by atoms with Crippen LogP contribution in [0.3, 0.4) is 0 Å². The van der Waals surface area contributed by atoms with E-state index in [1.807, 2.05) is 17.2 Å². The number of anilines is 2. The fraction of sp³-hybridized carbons (Fsp3) is 0.429. The molecule has 1 amide bonds. The van der Waals surface area contributed by atoms with Gasteiger partial charge < -0.3 is 14.7 Å². The van der Waals surface area contributed by atoms with Gasteiger partial charge in [-0.25, -0.2) is 0 Å². The predicted octanol–water partition coefficient (Wildman–Crippen LogP) is 2.95. The first-order chi connectivity index (χ1) is 12.7. The number of carbonyl (C=O) groups excluding carboxylic acids is 1. The Morgan fingerprint density at radius 3 is 2.35 bits per heavy atom. The number of benzene rings is 1. The molecule has 2 aromatic rings. The summed E-state index contributed by atoms with van der Waals surface area (Å²) >= 11 is 0. The van der Waals surface area contributed by atoms with E-state index in [-0.39, 0.29) is 5.91 Å². The lowest BCUT2D eigenvalue weighted by molar-refractivity contribution is 0.0746. The molecule has 4 rings (SSSR count). The van der Waals surface area contributed by atoms with E-state index in [1.54, 1.807) is 6.20 Å². The summed E-state index contributed by atoms with van der Waals surface area (Å²) in [5.74, 6) is 0.0995. The van der Waals surface area contributed by atoms with Gasteiger partial charge in [-0.05, 0) is 43.5 Å². The van der Waals surface area contributed by atoms with Crippen molar-refractivity contribution in [2.75, 3.05) is 49.1 Å². The molecular formula is C21H26N4O. The predicted molar refractivity (Wildman–Crippen MR) is 105 cm³/mol. The summed E-state index contributed by atoms with van der Waals surface area (Å²) in [6.45, 7) is 7.48. The lowest BCUT2D eigenvalue weighted by atomic mass is 10.1. The molecule has 0 unspecified atom stereocenters. The maximum atomic E-state index is 12.9. The molecule has 2 aliphatic heterocycles. The van der Waals surface area contributed by atoms with Gasteiger partial charge in [0.2, 0.25) is 0 Å². The molecule has 0 atom stereocenters. The normalized spacial score (nSPS) is 17.7. The quantitative estimate of drug-likeness (QED) is 0.853. The van der Waals surface area contributed by atoms with Crippen LogP contribution in [0, 0.1) is 6.92 Å². The first kappa shape index (κ1) is 16.9. The second-order valence-electron chi connectivity index (χ2n) is 7.24. The van der Waals surface area contributed by atoms with Crippen molar-refractivity contribution in [2.45, 2.75) is 19.8 Å². The Labute approximate surface area is 155 Å². The Balaban J connectivity index is 1.41. The van der Waals surface area contributed by atoms with Crippen molar-refractivity contribution in [1.29, 1.82) is 0 Å². The zero-order chi connectivity index (χ0) is 17.9. The first-order valence-electron chi connectivity index (χ1n) is 9.51. The summed E-state index contributed by atoms with van der Waals surface area (Å²) in [5.41, 5.74) is 4.30. The van der Waals surface area contributed by atoms with Crippen LogP contribution in [-0.2, 0) is 0 Å². The van der Waals surface area contributed by atoms with Crippen LogP contribution in [0.4, 0.5) is 11.4 Å². The van der Waals surface area contributed by atoms with Gasteiger partial charge in [-0.15, -0.1) is 0 Å². The zero-order valence-corrected chi connectivity index (χ0v) is 15.4. The fourth-order valence-electron chi connectivity index (χ4n) is 3.87. The van der Waals surface area contributed by atoms with Crippen molar-refractivity contribution >= 4 is 17.3 Å². The second kappa shape index (κ2) is 7.36. The van der Waals surface area contributed by atoms with Crippen LogP contribution in [0.15, 0.2) is 42.7 Å².